The zero-order chi connectivity index (χ0) is 20.9. The summed E-state index contributed by atoms with van der Waals surface area (Å²) in [6, 6.07) is 8.22. The molecule has 1 aliphatic heterocycles. The molecule has 0 radical (unpaired) electrons. The van der Waals surface area contributed by atoms with Crippen LogP contribution < -0.4 is 14.4 Å². The van der Waals surface area contributed by atoms with Crippen LogP contribution in [0.2, 0.25) is 0 Å². The lowest BCUT2D eigenvalue weighted by atomic mass is 9.97. The molecule has 1 fully saturated rings. The van der Waals surface area contributed by atoms with Gasteiger partial charge in [0.2, 0.25) is 5.88 Å². The van der Waals surface area contributed by atoms with Crippen molar-refractivity contribution >= 4 is 5.69 Å². The molecule has 29 heavy (non-hydrogen) atoms. The summed E-state index contributed by atoms with van der Waals surface area (Å²) in [5.74, 6) is 2.18. The summed E-state index contributed by atoms with van der Waals surface area (Å²) in [5, 5.41) is 0. The summed E-state index contributed by atoms with van der Waals surface area (Å²) >= 11 is 0. The van der Waals surface area contributed by atoms with Crippen LogP contribution in [0.15, 0.2) is 36.7 Å². The summed E-state index contributed by atoms with van der Waals surface area (Å²) in [6.07, 6.45) is 5.69. The molecule has 1 aromatic heterocycles. The van der Waals surface area contributed by atoms with Gasteiger partial charge in [-0.1, -0.05) is 12.1 Å². The van der Waals surface area contributed by atoms with Crippen LogP contribution in [0.4, 0.5) is 5.69 Å². The maximum Gasteiger partial charge on any atom is 0.237 e. The van der Waals surface area contributed by atoms with Crippen LogP contribution >= 0.6 is 0 Å². The molecule has 0 unspecified atom stereocenters. The number of benzene rings is 1. The summed E-state index contributed by atoms with van der Waals surface area (Å²) in [6.45, 7) is 9.71. The number of piperidine rings is 1. The molecule has 0 atom stereocenters. The van der Waals surface area contributed by atoms with Gasteiger partial charge >= 0.3 is 0 Å². The number of hydrogen-bond acceptors (Lipinski definition) is 6. The number of para-hydroxylation sites is 2. The Labute approximate surface area is 174 Å². The fourth-order valence-electron chi connectivity index (χ4n) is 3.52. The predicted molar refractivity (Wildman–Crippen MR) is 117 cm³/mol. The van der Waals surface area contributed by atoms with Gasteiger partial charge in [0.1, 0.15) is 17.0 Å². The first kappa shape index (κ1) is 21.4. The van der Waals surface area contributed by atoms with Gasteiger partial charge in [-0.05, 0) is 64.8 Å². The summed E-state index contributed by atoms with van der Waals surface area (Å²) in [7, 11) is 4.09. The molecule has 0 bridgehead atoms. The van der Waals surface area contributed by atoms with Crippen molar-refractivity contribution in [1.82, 2.24) is 14.9 Å². The quantitative estimate of drug-likeness (QED) is 0.702. The molecule has 6 heteroatoms. The van der Waals surface area contributed by atoms with Crippen molar-refractivity contribution in [3.8, 4) is 11.6 Å². The van der Waals surface area contributed by atoms with E-state index < -0.39 is 0 Å². The Kier molecular flexibility index (Phi) is 6.96. The van der Waals surface area contributed by atoms with Crippen LogP contribution in [0.5, 0.6) is 11.6 Å². The summed E-state index contributed by atoms with van der Waals surface area (Å²) in [4.78, 5) is 13.4. The smallest absolute Gasteiger partial charge is 0.237 e. The van der Waals surface area contributed by atoms with Gasteiger partial charge in [-0.25, -0.2) is 4.98 Å². The molecule has 1 aliphatic rings. The van der Waals surface area contributed by atoms with Gasteiger partial charge < -0.3 is 14.4 Å². The van der Waals surface area contributed by atoms with Crippen molar-refractivity contribution in [2.45, 2.75) is 45.8 Å². The van der Waals surface area contributed by atoms with Crippen molar-refractivity contribution in [2.24, 2.45) is 5.92 Å². The summed E-state index contributed by atoms with van der Waals surface area (Å²) in [5.41, 5.74) is 1.76. The summed E-state index contributed by atoms with van der Waals surface area (Å²) < 4.78 is 12.2. The molecule has 0 amide bonds. The largest absolute Gasteiger partial charge is 0.491 e. The first-order valence-corrected chi connectivity index (χ1v) is 10.4. The molecule has 6 nitrogen and oxygen atoms in total. The standard InChI is InChI=1S/C23H34N4O2/c1-23(2,3)29-22-19(24-12-13-25-22)16-27-14-10-18(11-15-27)17-28-21-9-7-6-8-20(21)26(4)5/h6-9,12-13,18H,10-11,14-17H2,1-5H3. The number of rotatable bonds is 7. The number of likely N-dealkylation sites (tertiary alicyclic amines) is 1. The second-order valence-electron chi connectivity index (χ2n) is 8.92. The van der Waals surface area contributed by atoms with Gasteiger partial charge in [-0.3, -0.25) is 9.88 Å². The molecule has 158 valence electrons. The average molecular weight is 399 g/mol. The van der Waals surface area contributed by atoms with Gasteiger partial charge in [0.15, 0.2) is 0 Å². The van der Waals surface area contributed by atoms with Crippen molar-refractivity contribution in [2.75, 3.05) is 38.7 Å². The van der Waals surface area contributed by atoms with Gasteiger partial charge in [-0.15, -0.1) is 0 Å². The van der Waals surface area contributed by atoms with Crippen LogP contribution in [0.3, 0.4) is 0 Å². The highest BCUT2D eigenvalue weighted by Gasteiger charge is 2.23. The van der Waals surface area contributed by atoms with Crippen LogP contribution in [-0.4, -0.2) is 54.3 Å². The number of aromatic nitrogens is 2. The first-order valence-electron chi connectivity index (χ1n) is 10.4. The third kappa shape index (κ3) is 6.32. The minimum atomic E-state index is -0.280. The van der Waals surface area contributed by atoms with Gasteiger partial charge in [0.05, 0.1) is 12.3 Å². The third-order valence-electron chi connectivity index (χ3n) is 5.04. The lowest BCUT2D eigenvalue weighted by Crippen LogP contribution is -2.35. The van der Waals surface area contributed by atoms with Crippen molar-refractivity contribution < 1.29 is 9.47 Å². The molecule has 0 spiro atoms. The molecular weight excluding hydrogens is 364 g/mol. The molecule has 0 N–H and O–H groups in total. The third-order valence-corrected chi connectivity index (χ3v) is 5.04. The van der Waals surface area contributed by atoms with E-state index >= 15 is 0 Å². The molecule has 1 saturated heterocycles. The highest BCUT2D eigenvalue weighted by Crippen LogP contribution is 2.28. The Morgan fingerprint density at radius 3 is 2.45 bits per heavy atom. The maximum absolute atomic E-state index is 6.16. The van der Waals surface area contributed by atoms with Gasteiger partial charge in [-0.2, -0.15) is 0 Å². The van der Waals surface area contributed by atoms with E-state index in [9.17, 15) is 0 Å². The van der Waals surface area contributed by atoms with Crippen molar-refractivity contribution in [3.05, 3.63) is 42.4 Å². The van der Waals surface area contributed by atoms with Crippen LogP contribution in [0.25, 0.3) is 0 Å². The second-order valence-corrected chi connectivity index (χ2v) is 8.92. The average Bonchev–Trinajstić information content (AvgIpc) is 2.68. The fourth-order valence-corrected chi connectivity index (χ4v) is 3.52. The molecule has 3 rings (SSSR count). The van der Waals surface area contributed by atoms with E-state index in [-0.39, 0.29) is 5.60 Å². The molecule has 1 aromatic carbocycles. The van der Waals surface area contributed by atoms with Crippen molar-refractivity contribution in [3.63, 3.8) is 0 Å². The Balaban J connectivity index is 1.51. The molecule has 2 heterocycles. The van der Waals surface area contributed by atoms with E-state index in [1.807, 2.05) is 47.0 Å². The number of anilines is 1. The highest BCUT2D eigenvalue weighted by molar-refractivity contribution is 5.57. The molecule has 0 saturated carbocycles. The SMILES string of the molecule is CN(C)c1ccccc1OCC1CCN(Cc2nccnc2OC(C)(C)C)CC1. The van der Waals surface area contributed by atoms with Crippen molar-refractivity contribution in [1.29, 1.82) is 0 Å². The monoisotopic (exact) mass is 398 g/mol. The second kappa shape index (κ2) is 9.44. The zero-order valence-electron chi connectivity index (χ0n) is 18.4. The normalized spacial score (nSPS) is 15.9. The molecule has 0 aliphatic carbocycles. The number of nitrogens with zero attached hydrogens (tertiary/aromatic N) is 4. The molecular formula is C23H34N4O2. The first-order chi connectivity index (χ1) is 13.8. The van der Waals surface area contributed by atoms with Crippen LogP contribution in [0.1, 0.15) is 39.3 Å². The predicted octanol–water partition coefficient (Wildman–Crippen LogP) is 4.01. The highest BCUT2D eigenvalue weighted by atomic mass is 16.5. The van der Waals surface area contributed by atoms with E-state index in [0.29, 0.717) is 11.8 Å². The molecule has 2 aromatic rings. The Bertz CT molecular complexity index is 780. The fraction of sp³-hybridized carbons (Fsp3) is 0.565. The Hall–Kier alpha value is -2.34. The minimum Gasteiger partial charge on any atom is -0.491 e. The van der Waals surface area contributed by atoms with E-state index in [1.165, 1.54) is 0 Å². The lowest BCUT2D eigenvalue weighted by molar-refractivity contribution is 0.112. The van der Waals surface area contributed by atoms with Gasteiger partial charge in [0, 0.05) is 33.0 Å². The number of ether oxygens (including phenoxy) is 2. The zero-order valence-corrected chi connectivity index (χ0v) is 18.4. The van der Waals surface area contributed by atoms with E-state index in [1.54, 1.807) is 12.4 Å². The van der Waals surface area contributed by atoms with Gasteiger partial charge in [0.25, 0.3) is 0 Å². The van der Waals surface area contributed by atoms with E-state index in [4.69, 9.17) is 9.47 Å². The lowest BCUT2D eigenvalue weighted by Gasteiger charge is -2.32. The van der Waals surface area contributed by atoms with Crippen LogP contribution in [-0.2, 0) is 6.54 Å². The maximum atomic E-state index is 6.16. The van der Waals surface area contributed by atoms with Crippen LogP contribution in [0, 0.1) is 5.92 Å². The Morgan fingerprint density at radius 1 is 1.07 bits per heavy atom. The topological polar surface area (TPSA) is 50.7 Å². The van der Waals surface area contributed by atoms with E-state index in [2.05, 4.69) is 31.9 Å². The minimum absolute atomic E-state index is 0.280. The Morgan fingerprint density at radius 2 is 1.76 bits per heavy atom. The van der Waals surface area contributed by atoms with E-state index in [0.717, 1.165) is 56.2 Å². The number of hydrogen-bond donors (Lipinski definition) is 0.